The third-order valence-electron chi connectivity index (χ3n) is 5.47. The molecule has 162 valence electrons. The van der Waals surface area contributed by atoms with Crippen molar-refractivity contribution in [1.29, 1.82) is 0 Å². The summed E-state index contributed by atoms with van der Waals surface area (Å²) < 4.78 is 0. The van der Waals surface area contributed by atoms with Crippen LogP contribution in [-0.4, -0.2) is 0 Å². The molecule has 0 bridgehead atoms. The molecule has 0 radical (unpaired) electrons. The molecular formula is C26H58. The minimum atomic E-state index is 0.837. The summed E-state index contributed by atoms with van der Waals surface area (Å²) in [5, 5.41) is 0. The molecule has 0 aromatic heterocycles. The zero-order valence-corrected chi connectivity index (χ0v) is 21.1. The molecule has 1 saturated carbocycles. The van der Waals surface area contributed by atoms with Crippen molar-refractivity contribution in [3.8, 4) is 0 Å². The van der Waals surface area contributed by atoms with Gasteiger partial charge in [-0.3, -0.25) is 0 Å². The summed E-state index contributed by atoms with van der Waals surface area (Å²) in [4.78, 5) is 0. The van der Waals surface area contributed by atoms with Crippen molar-refractivity contribution >= 4 is 0 Å². The fraction of sp³-hybridized carbons (Fsp3) is 0.923. The van der Waals surface area contributed by atoms with E-state index >= 15 is 0 Å². The average Bonchev–Trinajstić information content (AvgIpc) is 2.60. The van der Waals surface area contributed by atoms with E-state index in [0.29, 0.717) is 0 Å². The third-order valence-corrected chi connectivity index (χ3v) is 5.47. The maximum atomic E-state index is 3.00. The van der Waals surface area contributed by atoms with E-state index in [9.17, 15) is 0 Å². The maximum Gasteiger partial charge on any atom is -0.0342 e. The van der Waals surface area contributed by atoms with Crippen molar-refractivity contribution < 1.29 is 0 Å². The molecule has 1 aliphatic carbocycles. The van der Waals surface area contributed by atoms with Gasteiger partial charge in [-0.25, -0.2) is 0 Å². The van der Waals surface area contributed by atoms with Gasteiger partial charge in [0.05, 0.1) is 0 Å². The lowest BCUT2D eigenvalue weighted by atomic mass is 9.72. The van der Waals surface area contributed by atoms with E-state index < -0.39 is 0 Å². The van der Waals surface area contributed by atoms with E-state index in [1.165, 1.54) is 38.5 Å². The van der Waals surface area contributed by atoms with Gasteiger partial charge in [-0.05, 0) is 35.5 Å². The molecule has 2 unspecified atom stereocenters. The topological polar surface area (TPSA) is 0 Å². The van der Waals surface area contributed by atoms with Crippen molar-refractivity contribution in [1.82, 2.24) is 0 Å². The average molecular weight is 371 g/mol. The van der Waals surface area contributed by atoms with Gasteiger partial charge in [-0.2, -0.15) is 0 Å². The number of hydrogen-bond acceptors (Lipinski definition) is 0. The second kappa shape index (κ2) is 24.7. The molecule has 26 heavy (non-hydrogen) atoms. The minimum Gasteiger partial charge on any atom is -0.106 e. The van der Waals surface area contributed by atoms with Crippen LogP contribution in [0.2, 0.25) is 0 Å². The SMILES string of the molecule is C=C.CC.CC.CC.CC(C)C(C(C)C)C(C)CCCC(C)C1CCC1. The summed E-state index contributed by atoms with van der Waals surface area (Å²) in [5.41, 5.74) is 0. The fourth-order valence-corrected chi connectivity index (χ4v) is 4.28. The van der Waals surface area contributed by atoms with Crippen LogP contribution in [0.1, 0.15) is 122 Å². The van der Waals surface area contributed by atoms with Gasteiger partial charge in [0.2, 0.25) is 0 Å². The molecule has 0 heterocycles. The summed E-state index contributed by atoms with van der Waals surface area (Å²) in [6, 6.07) is 0. The molecule has 0 aliphatic heterocycles. The first-order valence-corrected chi connectivity index (χ1v) is 11.9. The van der Waals surface area contributed by atoms with Crippen LogP contribution in [0.25, 0.3) is 0 Å². The van der Waals surface area contributed by atoms with E-state index in [4.69, 9.17) is 0 Å². The monoisotopic (exact) mass is 370 g/mol. The largest absolute Gasteiger partial charge is 0.106 e. The number of rotatable bonds is 8. The summed E-state index contributed by atoms with van der Waals surface area (Å²) in [7, 11) is 0. The predicted octanol–water partition coefficient (Wildman–Crippen LogP) is 10.0. The van der Waals surface area contributed by atoms with Crippen molar-refractivity contribution in [3.05, 3.63) is 13.2 Å². The highest BCUT2D eigenvalue weighted by Crippen LogP contribution is 2.37. The first kappa shape index (κ1) is 33.3. The molecule has 0 spiro atoms. The van der Waals surface area contributed by atoms with Crippen molar-refractivity contribution in [2.45, 2.75) is 122 Å². The van der Waals surface area contributed by atoms with E-state index in [0.717, 1.165) is 35.5 Å². The second-order valence-corrected chi connectivity index (χ2v) is 7.64. The highest BCUT2D eigenvalue weighted by atomic mass is 14.3. The Morgan fingerprint density at radius 1 is 0.692 bits per heavy atom. The van der Waals surface area contributed by atoms with Gasteiger partial charge >= 0.3 is 0 Å². The van der Waals surface area contributed by atoms with Crippen molar-refractivity contribution in [2.24, 2.45) is 35.5 Å². The minimum absolute atomic E-state index is 0.837. The highest BCUT2D eigenvalue weighted by molar-refractivity contribution is 4.76. The normalized spacial score (nSPS) is 15.0. The Kier molecular flexibility index (Phi) is 31.7. The van der Waals surface area contributed by atoms with Crippen LogP contribution in [0.15, 0.2) is 13.2 Å². The van der Waals surface area contributed by atoms with Gasteiger partial charge in [0.1, 0.15) is 0 Å². The van der Waals surface area contributed by atoms with E-state index in [-0.39, 0.29) is 0 Å². The van der Waals surface area contributed by atoms with Crippen molar-refractivity contribution in [3.63, 3.8) is 0 Å². The van der Waals surface area contributed by atoms with Crippen LogP contribution in [-0.2, 0) is 0 Å². The Morgan fingerprint density at radius 2 is 1.08 bits per heavy atom. The van der Waals surface area contributed by atoms with Gasteiger partial charge in [0, 0.05) is 0 Å². The molecule has 0 aromatic carbocycles. The van der Waals surface area contributed by atoms with Crippen LogP contribution in [0.4, 0.5) is 0 Å². The molecule has 0 nitrogen and oxygen atoms in total. The first-order valence-electron chi connectivity index (χ1n) is 11.9. The summed E-state index contributed by atoms with van der Waals surface area (Å²) in [6.45, 7) is 32.6. The molecule has 0 N–H and O–H groups in total. The molecule has 0 aromatic rings. The van der Waals surface area contributed by atoms with Gasteiger partial charge < -0.3 is 0 Å². The van der Waals surface area contributed by atoms with E-state index in [2.05, 4.69) is 54.7 Å². The third kappa shape index (κ3) is 16.0. The quantitative estimate of drug-likeness (QED) is 0.373. The zero-order valence-electron chi connectivity index (χ0n) is 21.1. The second-order valence-electron chi connectivity index (χ2n) is 7.64. The molecule has 1 rings (SSSR count). The maximum absolute atomic E-state index is 3.00. The van der Waals surface area contributed by atoms with Crippen LogP contribution >= 0.6 is 0 Å². The van der Waals surface area contributed by atoms with Crippen LogP contribution in [0.5, 0.6) is 0 Å². The standard InChI is InChI=1S/C18H36.3C2H6.C2H4/c1-13(2)18(14(3)4)16(6)10-7-9-15(5)17-11-8-12-17;4*1-2/h13-18H,7-12H2,1-6H3;3*1-2H3;1-2H2. The lowest BCUT2D eigenvalue weighted by Gasteiger charge is -2.33. The summed E-state index contributed by atoms with van der Waals surface area (Å²) >= 11 is 0. The van der Waals surface area contributed by atoms with Crippen LogP contribution in [0.3, 0.4) is 0 Å². The zero-order chi connectivity index (χ0) is 21.7. The Labute approximate surface area is 170 Å². The molecular weight excluding hydrogens is 312 g/mol. The predicted molar refractivity (Wildman–Crippen MR) is 128 cm³/mol. The van der Waals surface area contributed by atoms with E-state index in [1.807, 2.05) is 41.5 Å². The summed E-state index contributed by atoms with van der Waals surface area (Å²) in [6.07, 6.45) is 8.88. The molecule has 2 atom stereocenters. The van der Waals surface area contributed by atoms with E-state index in [1.54, 1.807) is 0 Å². The Bertz CT molecular complexity index is 216. The number of hydrogen-bond donors (Lipinski definition) is 0. The van der Waals surface area contributed by atoms with Crippen molar-refractivity contribution in [2.75, 3.05) is 0 Å². The van der Waals surface area contributed by atoms with Gasteiger partial charge in [-0.1, -0.05) is 122 Å². The molecule has 0 amide bonds. The lowest BCUT2D eigenvalue weighted by molar-refractivity contribution is 0.172. The Hall–Kier alpha value is -0.260. The Morgan fingerprint density at radius 3 is 1.35 bits per heavy atom. The lowest BCUT2D eigenvalue weighted by Crippen LogP contribution is -2.24. The Balaban J connectivity index is -0.000000266. The van der Waals surface area contributed by atoms with Gasteiger partial charge in [0.15, 0.2) is 0 Å². The summed E-state index contributed by atoms with van der Waals surface area (Å²) in [5.74, 6) is 5.55. The molecule has 0 heteroatoms. The molecule has 1 fully saturated rings. The van der Waals surface area contributed by atoms with Crippen LogP contribution in [0, 0.1) is 35.5 Å². The smallest absolute Gasteiger partial charge is 0.0342 e. The molecule has 1 aliphatic rings. The first-order chi connectivity index (χ1) is 12.4. The fourth-order valence-electron chi connectivity index (χ4n) is 4.28. The van der Waals surface area contributed by atoms with Gasteiger partial charge in [0.25, 0.3) is 0 Å². The van der Waals surface area contributed by atoms with Gasteiger partial charge in [-0.15, -0.1) is 13.2 Å². The highest BCUT2D eigenvalue weighted by Gasteiger charge is 2.26. The molecule has 0 saturated heterocycles. The van der Waals surface area contributed by atoms with Crippen LogP contribution < -0.4 is 0 Å².